The van der Waals surface area contributed by atoms with Gasteiger partial charge in [0.1, 0.15) is 21.7 Å². The molecule has 0 saturated heterocycles. The maximum Gasteiger partial charge on any atom is 0.137 e. The smallest absolute Gasteiger partial charge is 0.137 e. The van der Waals surface area contributed by atoms with Crippen LogP contribution in [0.4, 0.5) is 0 Å². The highest BCUT2D eigenvalue weighted by molar-refractivity contribution is 6.36. The van der Waals surface area contributed by atoms with Gasteiger partial charge in [0, 0.05) is 19.6 Å². The average molecular weight is 188 g/mol. The molecule has 0 atom stereocenters. The number of carbonyl (C=O) groups excluding carboxylic acids is 1. The molecule has 0 heterocycles. The van der Waals surface area contributed by atoms with Gasteiger partial charge in [0.25, 0.3) is 0 Å². The second-order valence-electron chi connectivity index (χ2n) is 2.15. The van der Waals surface area contributed by atoms with Gasteiger partial charge in [-0.3, -0.25) is 0 Å². The van der Waals surface area contributed by atoms with E-state index in [1.807, 2.05) is 13.8 Å². The van der Waals surface area contributed by atoms with Crippen LogP contribution in [0.1, 0.15) is 20.3 Å². The average Bonchev–Trinajstić information content (AvgIpc) is 2.06. The zero-order chi connectivity index (χ0) is 9.23. The van der Waals surface area contributed by atoms with Gasteiger partial charge in [-0.05, 0) is 19.9 Å². The fourth-order valence-electron chi connectivity index (χ4n) is 0.729. The molecule has 70 valence electrons. The van der Waals surface area contributed by atoms with Gasteiger partial charge in [0.15, 0.2) is 0 Å². The number of ether oxygens (including phenoxy) is 2. The Bertz CT molecular complexity index is 102. The van der Waals surface area contributed by atoms with Crippen molar-refractivity contribution in [2.45, 2.75) is 32.2 Å². The summed E-state index contributed by atoms with van der Waals surface area (Å²) in [5.74, 6) is -0.0973. The zero-order valence-corrected chi connectivity index (χ0v) is 8.71. The third kappa shape index (κ3) is 6.51. The Hall–Kier alpha value is -0.193. The Labute approximate surface area is 76.3 Å². The van der Waals surface area contributed by atoms with Crippen LogP contribution in [0.5, 0.6) is 0 Å². The van der Waals surface area contributed by atoms with Gasteiger partial charge in [-0.15, -0.1) is 0 Å². The summed E-state index contributed by atoms with van der Waals surface area (Å²) in [6.07, 6.45) is 1.54. The lowest BCUT2D eigenvalue weighted by Crippen LogP contribution is -2.24. The molecule has 0 unspecified atom stereocenters. The molecule has 0 aliphatic heterocycles. The zero-order valence-electron chi connectivity index (χ0n) is 7.71. The van der Waals surface area contributed by atoms with Crippen LogP contribution in [0.25, 0.3) is 0 Å². The van der Waals surface area contributed by atoms with Gasteiger partial charge in [0.05, 0.1) is 0 Å². The van der Waals surface area contributed by atoms with E-state index in [1.165, 1.54) is 0 Å². The first-order valence-electron chi connectivity index (χ1n) is 4.25. The molecule has 0 bridgehead atoms. The van der Waals surface area contributed by atoms with E-state index in [0.717, 1.165) is 12.3 Å². The van der Waals surface area contributed by atoms with Crippen molar-refractivity contribution >= 4 is 15.8 Å². The van der Waals surface area contributed by atoms with Gasteiger partial charge in [-0.2, -0.15) is 0 Å². The first-order chi connectivity index (χ1) is 5.85. The molecule has 0 fully saturated rings. The van der Waals surface area contributed by atoms with E-state index < -0.39 is 0 Å². The topological polar surface area (TPSA) is 35.5 Å². The summed E-state index contributed by atoms with van der Waals surface area (Å²) in [6, 6.07) is 0.869. The monoisotopic (exact) mass is 188 g/mol. The summed E-state index contributed by atoms with van der Waals surface area (Å²) in [5, 5.41) is 0. The second-order valence-corrected chi connectivity index (χ2v) is 3.53. The normalized spacial score (nSPS) is 10.6. The summed E-state index contributed by atoms with van der Waals surface area (Å²) >= 11 is 0. The van der Waals surface area contributed by atoms with E-state index in [2.05, 4.69) is 0 Å². The first kappa shape index (κ1) is 11.8. The van der Waals surface area contributed by atoms with E-state index >= 15 is 0 Å². The Morgan fingerprint density at radius 1 is 1.33 bits per heavy atom. The summed E-state index contributed by atoms with van der Waals surface area (Å²) in [4.78, 5) is 10.0. The van der Waals surface area contributed by atoms with Crippen LogP contribution in [0.15, 0.2) is 0 Å². The molecular formula is C8H16O3Si. The van der Waals surface area contributed by atoms with E-state index in [-0.39, 0.29) is 5.91 Å². The van der Waals surface area contributed by atoms with Crippen LogP contribution in [0, 0.1) is 0 Å². The highest BCUT2D eigenvalue weighted by Gasteiger charge is 2.07. The lowest BCUT2D eigenvalue weighted by Gasteiger charge is -2.15. The SMILES string of the molecule is CCOC(OCC)[Si]CCC=O. The standard InChI is InChI=1S/C8H16O3Si/c1-3-10-8(11-4-2)12-7-5-6-9/h6,8H,3-5,7H2,1-2H3. The number of hydrogen-bond acceptors (Lipinski definition) is 3. The lowest BCUT2D eigenvalue weighted by molar-refractivity contribution is -0.107. The highest BCUT2D eigenvalue weighted by atomic mass is 28.2. The van der Waals surface area contributed by atoms with Gasteiger partial charge < -0.3 is 14.3 Å². The molecule has 0 saturated carbocycles. The Morgan fingerprint density at radius 3 is 2.33 bits per heavy atom. The third-order valence-electron chi connectivity index (χ3n) is 1.21. The molecule has 0 aromatic rings. The van der Waals surface area contributed by atoms with Gasteiger partial charge >= 0.3 is 0 Å². The molecule has 3 nitrogen and oxygen atoms in total. The van der Waals surface area contributed by atoms with Crippen LogP contribution in [-0.2, 0) is 14.3 Å². The van der Waals surface area contributed by atoms with Crippen molar-refractivity contribution in [3.63, 3.8) is 0 Å². The number of aldehydes is 1. The molecule has 0 aliphatic carbocycles. The maximum atomic E-state index is 10.0. The molecule has 0 rings (SSSR count). The number of hydrogen-bond donors (Lipinski definition) is 0. The second kappa shape index (κ2) is 8.90. The van der Waals surface area contributed by atoms with Gasteiger partial charge in [-0.1, -0.05) is 0 Å². The van der Waals surface area contributed by atoms with Crippen molar-refractivity contribution in [3.05, 3.63) is 0 Å². The van der Waals surface area contributed by atoms with Gasteiger partial charge in [0.2, 0.25) is 0 Å². The molecule has 0 N–H and O–H groups in total. The molecule has 2 radical (unpaired) electrons. The van der Waals surface area contributed by atoms with Crippen LogP contribution < -0.4 is 0 Å². The number of carbonyl (C=O) groups is 1. The highest BCUT2D eigenvalue weighted by Crippen LogP contribution is 1.97. The summed E-state index contributed by atoms with van der Waals surface area (Å²) < 4.78 is 10.6. The summed E-state index contributed by atoms with van der Waals surface area (Å²) in [7, 11) is 0.568. The minimum Gasteiger partial charge on any atom is -0.357 e. The largest absolute Gasteiger partial charge is 0.357 e. The van der Waals surface area contributed by atoms with Crippen molar-refractivity contribution in [1.82, 2.24) is 0 Å². The predicted octanol–water partition coefficient (Wildman–Crippen LogP) is 1.05. The van der Waals surface area contributed by atoms with Crippen LogP contribution in [-0.4, -0.2) is 34.9 Å². The summed E-state index contributed by atoms with van der Waals surface area (Å²) in [5.41, 5.74) is 0. The van der Waals surface area contributed by atoms with Crippen LogP contribution in [0.3, 0.4) is 0 Å². The quantitative estimate of drug-likeness (QED) is 0.247. The van der Waals surface area contributed by atoms with Crippen LogP contribution >= 0.6 is 0 Å². The fourth-order valence-corrected chi connectivity index (χ4v) is 1.82. The molecule has 4 heteroatoms. The molecule has 0 aromatic heterocycles. The van der Waals surface area contributed by atoms with E-state index in [9.17, 15) is 4.79 Å². The summed E-state index contributed by atoms with van der Waals surface area (Å²) in [6.45, 7) is 5.21. The Kier molecular flexibility index (Phi) is 8.76. The van der Waals surface area contributed by atoms with E-state index in [1.54, 1.807) is 0 Å². The van der Waals surface area contributed by atoms with E-state index in [4.69, 9.17) is 9.47 Å². The van der Waals surface area contributed by atoms with Crippen molar-refractivity contribution in [2.75, 3.05) is 13.2 Å². The van der Waals surface area contributed by atoms with Crippen molar-refractivity contribution < 1.29 is 14.3 Å². The molecule has 0 aromatic carbocycles. The minimum atomic E-state index is -0.0973. The number of rotatable bonds is 8. The molecule has 0 aliphatic rings. The molecular weight excluding hydrogens is 172 g/mol. The van der Waals surface area contributed by atoms with Crippen molar-refractivity contribution in [1.29, 1.82) is 0 Å². The van der Waals surface area contributed by atoms with Crippen molar-refractivity contribution in [2.24, 2.45) is 0 Å². The first-order valence-corrected chi connectivity index (χ1v) is 5.53. The van der Waals surface area contributed by atoms with Gasteiger partial charge in [-0.25, -0.2) is 0 Å². The molecule has 0 amide bonds. The van der Waals surface area contributed by atoms with Crippen LogP contribution in [0.2, 0.25) is 6.04 Å². The minimum absolute atomic E-state index is 0.0973. The Balaban J connectivity index is 3.40. The maximum absolute atomic E-state index is 10.0. The third-order valence-corrected chi connectivity index (χ3v) is 2.45. The molecule has 0 spiro atoms. The Morgan fingerprint density at radius 2 is 1.92 bits per heavy atom. The lowest BCUT2D eigenvalue weighted by atomic mass is 10.6. The predicted molar refractivity (Wildman–Crippen MR) is 48.3 cm³/mol. The fraction of sp³-hybridized carbons (Fsp3) is 0.875. The molecule has 12 heavy (non-hydrogen) atoms. The van der Waals surface area contributed by atoms with E-state index in [0.29, 0.717) is 29.2 Å². The van der Waals surface area contributed by atoms with Crippen molar-refractivity contribution in [3.8, 4) is 0 Å².